The molecule has 2 rings (SSSR count). The van der Waals surface area contributed by atoms with E-state index in [1.165, 1.54) is 24.8 Å². The topological polar surface area (TPSA) is 46.1 Å². The zero-order chi connectivity index (χ0) is 19.9. The van der Waals surface area contributed by atoms with E-state index in [1.54, 1.807) is 7.11 Å². The van der Waals surface area contributed by atoms with E-state index in [-0.39, 0.29) is 0 Å². The fraction of sp³-hybridized carbons (Fsp3) is 0.696. The summed E-state index contributed by atoms with van der Waals surface area (Å²) in [5.74, 6) is 1.07. The number of hydrogen-bond donors (Lipinski definition) is 1. The zero-order valence-corrected chi connectivity index (χ0v) is 17.9. The Hall–Kier alpha value is -1.59. The summed E-state index contributed by atoms with van der Waals surface area (Å²) in [4.78, 5) is 7.26. The van der Waals surface area contributed by atoms with E-state index in [9.17, 15) is 0 Å². The number of unbranched alkanes of at least 4 members (excludes halogenated alkanes) is 2. The van der Waals surface area contributed by atoms with Gasteiger partial charge in [-0.05, 0) is 51.0 Å². The van der Waals surface area contributed by atoms with Crippen molar-refractivity contribution in [2.75, 3.05) is 46.5 Å². The van der Waals surface area contributed by atoms with Gasteiger partial charge in [0.2, 0.25) is 0 Å². The van der Waals surface area contributed by atoms with Crippen molar-refractivity contribution in [1.82, 2.24) is 10.2 Å². The minimum Gasteiger partial charge on any atom is -0.385 e. The molecule has 0 atom stereocenters. The highest BCUT2D eigenvalue weighted by molar-refractivity contribution is 5.80. The van der Waals surface area contributed by atoms with Crippen LogP contribution in [0.5, 0.6) is 0 Å². The van der Waals surface area contributed by atoms with Gasteiger partial charge in [-0.1, -0.05) is 36.8 Å². The van der Waals surface area contributed by atoms with Crippen LogP contribution >= 0.6 is 0 Å². The zero-order valence-electron chi connectivity index (χ0n) is 17.9. The van der Waals surface area contributed by atoms with Crippen LogP contribution in [0, 0.1) is 0 Å². The predicted octanol–water partition coefficient (Wildman–Crippen LogP) is 3.88. The van der Waals surface area contributed by atoms with Crippen molar-refractivity contribution in [2.24, 2.45) is 4.99 Å². The summed E-state index contributed by atoms with van der Waals surface area (Å²) >= 11 is 0. The average molecular weight is 390 g/mol. The lowest BCUT2D eigenvalue weighted by Crippen LogP contribution is -2.47. The Morgan fingerprint density at radius 3 is 2.57 bits per heavy atom. The third-order valence-electron chi connectivity index (χ3n) is 5.15. The van der Waals surface area contributed by atoms with Gasteiger partial charge in [0.25, 0.3) is 0 Å². The Bertz CT molecular complexity index is 528. The predicted molar refractivity (Wildman–Crippen MR) is 117 cm³/mol. The quantitative estimate of drug-likeness (QED) is 0.335. The van der Waals surface area contributed by atoms with Crippen LogP contribution in [0.3, 0.4) is 0 Å². The van der Waals surface area contributed by atoms with Gasteiger partial charge in [0, 0.05) is 46.5 Å². The van der Waals surface area contributed by atoms with Crippen LogP contribution in [-0.2, 0) is 15.9 Å². The molecule has 0 unspecified atom stereocenters. The molecule has 0 bridgehead atoms. The van der Waals surface area contributed by atoms with Crippen LogP contribution in [0.15, 0.2) is 35.3 Å². The Labute approximate surface area is 171 Å². The minimum atomic E-state index is 0.383. The number of guanidine groups is 1. The molecule has 0 spiro atoms. The molecule has 1 N–H and O–H groups in total. The molecule has 1 heterocycles. The first kappa shape index (κ1) is 22.7. The average Bonchev–Trinajstić information content (AvgIpc) is 2.74. The molecule has 5 heteroatoms. The first-order valence-electron chi connectivity index (χ1n) is 11.0. The number of piperidine rings is 1. The standard InChI is InChI=1S/C23H39N3O2/c1-3-24-23(25-16-9-5-8-13-21-11-6-4-7-12-21)26-17-14-22(15-18-26)28-20-10-19-27-2/h4,6-7,11-12,22H,3,5,8-10,13-20H2,1-2H3,(H,24,25). The molecule has 0 aromatic heterocycles. The summed E-state index contributed by atoms with van der Waals surface area (Å²) < 4.78 is 11.0. The fourth-order valence-corrected chi connectivity index (χ4v) is 3.56. The third kappa shape index (κ3) is 9.07. The highest BCUT2D eigenvalue weighted by Crippen LogP contribution is 2.14. The second-order valence-electron chi connectivity index (χ2n) is 7.44. The van der Waals surface area contributed by atoms with Crippen LogP contribution in [0.4, 0.5) is 0 Å². The first-order chi connectivity index (χ1) is 13.8. The van der Waals surface area contributed by atoms with Gasteiger partial charge in [-0.3, -0.25) is 4.99 Å². The Morgan fingerprint density at radius 1 is 1.07 bits per heavy atom. The maximum absolute atomic E-state index is 5.97. The number of aliphatic imine (C=N–C) groups is 1. The highest BCUT2D eigenvalue weighted by Gasteiger charge is 2.21. The van der Waals surface area contributed by atoms with E-state index < -0.39 is 0 Å². The number of methoxy groups -OCH3 is 1. The molecule has 1 fully saturated rings. The summed E-state index contributed by atoms with van der Waals surface area (Å²) in [6.07, 6.45) is 8.31. The summed E-state index contributed by atoms with van der Waals surface area (Å²) in [7, 11) is 1.74. The lowest BCUT2D eigenvalue weighted by molar-refractivity contribution is 0.00990. The first-order valence-corrected chi connectivity index (χ1v) is 11.0. The molecular weight excluding hydrogens is 350 g/mol. The van der Waals surface area contributed by atoms with E-state index in [4.69, 9.17) is 14.5 Å². The van der Waals surface area contributed by atoms with Crippen LogP contribution in [-0.4, -0.2) is 63.5 Å². The smallest absolute Gasteiger partial charge is 0.193 e. The number of rotatable bonds is 12. The van der Waals surface area contributed by atoms with Gasteiger partial charge in [0.05, 0.1) is 6.10 Å². The lowest BCUT2D eigenvalue weighted by atomic mass is 10.1. The Balaban J connectivity index is 1.63. The van der Waals surface area contributed by atoms with Crippen LogP contribution in [0.2, 0.25) is 0 Å². The number of aryl methyl sites for hydroxylation is 1. The summed E-state index contributed by atoms with van der Waals surface area (Å²) in [6, 6.07) is 10.8. The van der Waals surface area contributed by atoms with E-state index in [2.05, 4.69) is 47.5 Å². The molecule has 1 aromatic rings. The number of nitrogens with one attached hydrogen (secondary N) is 1. The molecule has 1 aliphatic rings. The van der Waals surface area contributed by atoms with Gasteiger partial charge in [0.1, 0.15) is 0 Å². The maximum atomic E-state index is 5.97. The maximum Gasteiger partial charge on any atom is 0.193 e. The fourth-order valence-electron chi connectivity index (χ4n) is 3.56. The van der Waals surface area contributed by atoms with Gasteiger partial charge < -0.3 is 19.7 Å². The van der Waals surface area contributed by atoms with Gasteiger partial charge >= 0.3 is 0 Å². The molecule has 158 valence electrons. The van der Waals surface area contributed by atoms with Crippen molar-refractivity contribution in [3.05, 3.63) is 35.9 Å². The van der Waals surface area contributed by atoms with Crippen LogP contribution < -0.4 is 5.32 Å². The third-order valence-corrected chi connectivity index (χ3v) is 5.15. The monoisotopic (exact) mass is 389 g/mol. The number of likely N-dealkylation sites (tertiary alicyclic amines) is 1. The molecule has 0 saturated carbocycles. The van der Waals surface area contributed by atoms with Gasteiger partial charge in [-0.25, -0.2) is 0 Å². The molecule has 1 aliphatic heterocycles. The van der Waals surface area contributed by atoms with Gasteiger partial charge in [-0.2, -0.15) is 0 Å². The molecule has 0 amide bonds. The van der Waals surface area contributed by atoms with Crippen LogP contribution in [0.1, 0.15) is 51.0 Å². The Kier molecular flexibility index (Phi) is 11.7. The molecule has 1 aromatic carbocycles. The lowest BCUT2D eigenvalue weighted by Gasteiger charge is -2.34. The van der Waals surface area contributed by atoms with Crippen molar-refractivity contribution in [1.29, 1.82) is 0 Å². The molecule has 5 nitrogen and oxygen atoms in total. The molecule has 1 saturated heterocycles. The van der Waals surface area contributed by atoms with E-state index in [0.29, 0.717) is 6.10 Å². The van der Waals surface area contributed by atoms with E-state index in [0.717, 1.165) is 71.0 Å². The summed E-state index contributed by atoms with van der Waals surface area (Å²) in [5, 5.41) is 3.46. The SMILES string of the molecule is CCNC(=NCCCCCc1ccccc1)N1CCC(OCCCOC)CC1. The molecule has 28 heavy (non-hydrogen) atoms. The second-order valence-corrected chi connectivity index (χ2v) is 7.44. The van der Waals surface area contributed by atoms with Crippen molar-refractivity contribution < 1.29 is 9.47 Å². The largest absolute Gasteiger partial charge is 0.385 e. The number of benzene rings is 1. The van der Waals surface area contributed by atoms with Gasteiger partial charge in [0.15, 0.2) is 5.96 Å². The normalized spacial score (nSPS) is 15.8. The van der Waals surface area contributed by atoms with Crippen molar-refractivity contribution in [3.8, 4) is 0 Å². The van der Waals surface area contributed by atoms with Crippen molar-refractivity contribution >= 4 is 5.96 Å². The van der Waals surface area contributed by atoms with E-state index in [1.807, 2.05) is 0 Å². The van der Waals surface area contributed by atoms with E-state index >= 15 is 0 Å². The highest BCUT2D eigenvalue weighted by atomic mass is 16.5. The summed E-state index contributed by atoms with van der Waals surface area (Å²) in [6.45, 7) is 7.59. The molecule has 0 aliphatic carbocycles. The molecular formula is C23H39N3O2. The van der Waals surface area contributed by atoms with Crippen LogP contribution in [0.25, 0.3) is 0 Å². The molecule has 0 radical (unpaired) electrons. The number of hydrogen-bond acceptors (Lipinski definition) is 3. The van der Waals surface area contributed by atoms with Crippen molar-refractivity contribution in [3.63, 3.8) is 0 Å². The number of ether oxygens (including phenoxy) is 2. The van der Waals surface area contributed by atoms with Crippen molar-refractivity contribution in [2.45, 2.75) is 58.0 Å². The van der Waals surface area contributed by atoms with Gasteiger partial charge in [-0.15, -0.1) is 0 Å². The summed E-state index contributed by atoms with van der Waals surface area (Å²) in [5.41, 5.74) is 1.44. The minimum absolute atomic E-state index is 0.383. The Morgan fingerprint density at radius 2 is 1.86 bits per heavy atom. The number of nitrogens with zero attached hydrogens (tertiary/aromatic N) is 2. The second kappa shape index (κ2) is 14.4.